The Labute approximate surface area is 177 Å². The van der Waals surface area contributed by atoms with Gasteiger partial charge in [-0.25, -0.2) is 0 Å². The Bertz CT molecular complexity index is 885. The molecular weight excluding hydrogens is 380 g/mol. The van der Waals surface area contributed by atoms with Crippen molar-refractivity contribution in [3.63, 3.8) is 0 Å². The Morgan fingerprint density at radius 3 is 2.45 bits per heavy atom. The summed E-state index contributed by atoms with van der Waals surface area (Å²) in [6.45, 7) is 8.14. The maximum atomic E-state index is 5.94. The van der Waals surface area contributed by atoms with E-state index in [-0.39, 0.29) is 0 Å². The molecule has 0 saturated carbocycles. The molecule has 0 bridgehead atoms. The molecule has 0 aliphatic carbocycles. The first kappa shape index (κ1) is 20.4. The maximum absolute atomic E-state index is 5.94. The first-order valence-electron chi connectivity index (χ1n) is 10.4. The average molecular weight is 411 g/mol. The summed E-state index contributed by atoms with van der Waals surface area (Å²) < 4.78 is 12.5. The molecule has 0 atom stereocenters. The highest BCUT2D eigenvalue weighted by molar-refractivity contribution is 7.17. The smallest absolute Gasteiger partial charge is 0.118 e. The summed E-state index contributed by atoms with van der Waals surface area (Å²) in [4.78, 5) is 5.05. The van der Waals surface area contributed by atoms with Gasteiger partial charge in [-0.3, -0.25) is 9.80 Å². The fourth-order valence-electron chi connectivity index (χ4n) is 3.86. The summed E-state index contributed by atoms with van der Waals surface area (Å²) in [5, 5.41) is 3.66. The number of methoxy groups -OCH3 is 1. The molecule has 1 aliphatic heterocycles. The molecule has 29 heavy (non-hydrogen) atoms. The number of fused-ring (bicyclic) bond motifs is 1. The molecule has 0 unspecified atom stereocenters. The molecule has 1 aliphatic rings. The van der Waals surface area contributed by atoms with Crippen molar-refractivity contribution in [2.45, 2.75) is 13.0 Å². The van der Waals surface area contributed by atoms with Gasteiger partial charge in [0, 0.05) is 44.0 Å². The van der Waals surface area contributed by atoms with Crippen molar-refractivity contribution >= 4 is 21.4 Å². The Hall–Kier alpha value is -1.92. The Morgan fingerprint density at radius 1 is 0.897 bits per heavy atom. The lowest BCUT2D eigenvalue weighted by Crippen LogP contribution is -2.46. The van der Waals surface area contributed by atoms with Crippen LogP contribution in [-0.2, 0) is 17.7 Å². The number of nitrogens with zero attached hydrogens (tertiary/aromatic N) is 2. The molecule has 2 aromatic carbocycles. The van der Waals surface area contributed by atoms with Crippen molar-refractivity contribution in [1.29, 1.82) is 0 Å². The van der Waals surface area contributed by atoms with E-state index in [0.717, 1.165) is 64.7 Å². The molecule has 5 heteroatoms. The summed E-state index contributed by atoms with van der Waals surface area (Å²) in [5.74, 6) is 0.922. The van der Waals surface area contributed by atoms with E-state index >= 15 is 0 Å². The Morgan fingerprint density at radius 2 is 1.66 bits per heavy atom. The highest BCUT2D eigenvalue weighted by atomic mass is 32.1. The molecule has 4 rings (SSSR count). The SMILES string of the molecule is COc1ccc(CN2CCN(CCOCCc3csc4ccccc34)CC2)cc1. The van der Waals surface area contributed by atoms with Crippen molar-refractivity contribution in [3.05, 3.63) is 65.0 Å². The van der Waals surface area contributed by atoms with Gasteiger partial charge in [0.1, 0.15) is 5.75 Å². The zero-order valence-corrected chi connectivity index (χ0v) is 18.0. The molecule has 4 nitrogen and oxygen atoms in total. The minimum atomic E-state index is 0.804. The van der Waals surface area contributed by atoms with Crippen LogP contribution in [-0.4, -0.2) is 62.8 Å². The van der Waals surface area contributed by atoms with E-state index in [1.165, 1.54) is 21.2 Å². The molecule has 0 amide bonds. The summed E-state index contributed by atoms with van der Waals surface area (Å²) >= 11 is 1.83. The van der Waals surface area contributed by atoms with E-state index in [9.17, 15) is 0 Å². The van der Waals surface area contributed by atoms with Crippen molar-refractivity contribution < 1.29 is 9.47 Å². The van der Waals surface area contributed by atoms with Gasteiger partial charge in [-0.2, -0.15) is 0 Å². The third-order valence-corrected chi connectivity index (χ3v) is 6.67. The largest absolute Gasteiger partial charge is 0.497 e. The molecular formula is C24H30N2O2S. The van der Waals surface area contributed by atoms with E-state index in [1.807, 2.05) is 23.5 Å². The van der Waals surface area contributed by atoms with Gasteiger partial charge in [-0.15, -0.1) is 11.3 Å². The van der Waals surface area contributed by atoms with Crippen LogP contribution >= 0.6 is 11.3 Å². The van der Waals surface area contributed by atoms with Crippen LogP contribution < -0.4 is 4.74 Å². The highest BCUT2D eigenvalue weighted by Gasteiger charge is 2.16. The quantitative estimate of drug-likeness (QED) is 0.492. The molecule has 1 saturated heterocycles. The number of rotatable bonds is 9. The standard InChI is InChI=1S/C24H30N2O2S/c1-27-22-8-6-20(7-9-22)18-26-13-11-25(12-14-26)15-17-28-16-10-21-19-29-24-5-3-2-4-23(21)24/h2-9,19H,10-18H2,1H3. The third-order valence-electron chi connectivity index (χ3n) is 5.66. The number of hydrogen-bond donors (Lipinski definition) is 0. The molecule has 1 aromatic heterocycles. The van der Waals surface area contributed by atoms with Crippen molar-refractivity contribution in [3.8, 4) is 5.75 Å². The van der Waals surface area contributed by atoms with Crippen LogP contribution in [0.4, 0.5) is 0 Å². The third kappa shape index (κ3) is 5.58. The van der Waals surface area contributed by atoms with Crippen molar-refractivity contribution in [1.82, 2.24) is 9.80 Å². The van der Waals surface area contributed by atoms with Crippen molar-refractivity contribution in [2.24, 2.45) is 0 Å². The first-order valence-corrected chi connectivity index (χ1v) is 11.3. The fourth-order valence-corrected chi connectivity index (χ4v) is 4.86. The van der Waals surface area contributed by atoms with Gasteiger partial charge in [-0.1, -0.05) is 30.3 Å². The first-order chi connectivity index (χ1) is 14.3. The summed E-state index contributed by atoms with van der Waals surface area (Å²) in [7, 11) is 1.71. The van der Waals surface area contributed by atoms with E-state index in [4.69, 9.17) is 9.47 Å². The van der Waals surface area contributed by atoms with E-state index in [2.05, 4.69) is 51.6 Å². The van der Waals surface area contributed by atoms with Gasteiger partial charge >= 0.3 is 0 Å². The van der Waals surface area contributed by atoms with Crippen LogP contribution in [0.2, 0.25) is 0 Å². The summed E-state index contributed by atoms with van der Waals surface area (Å²) in [5.41, 5.74) is 2.77. The zero-order chi connectivity index (χ0) is 19.9. The van der Waals surface area contributed by atoms with Crippen LogP contribution in [0.15, 0.2) is 53.9 Å². The number of hydrogen-bond acceptors (Lipinski definition) is 5. The second-order valence-corrected chi connectivity index (χ2v) is 8.50. The monoisotopic (exact) mass is 410 g/mol. The van der Waals surface area contributed by atoms with Gasteiger partial charge in [-0.05, 0) is 46.5 Å². The lowest BCUT2D eigenvalue weighted by Gasteiger charge is -2.34. The number of ether oxygens (including phenoxy) is 2. The van der Waals surface area contributed by atoms with Gasteiger partial charge in [0.05, 0.1) is 20.3 Å². The van der Waals surface area contributed by atoms with Gasteiger partial charge in [0.25, 0.3) is 0 Å². The van der Waals surface area contributed by atoms with E-state index < -0.39 is 0 Å². The molecule has 3 aromatic rings. The van der Waals surface area contributed by atoms with Crippen molar-refractivity contribution in [2.75, 3.05) is 53.0 Å². The molecule has 0 N–H and O–H groups in total. The topological polar surface area (TPSA) is 24.9 Å². The number of benzene rings is 2. The Balaban J connectivity index is 1.11. The van der Waals surface area contributed by atoms with Crippen LogP contribution in [0.1, 0.15) is 11.1 Å². The minimum absolute atomic E-state index is 0.804. The lowest BCUT2D eigenvalue weighted by atomic mass is 10.1. The number of piperazine rings is 1. The maximum Gasteiger partial charge on any atom is 0.118 e. The summed E-state index contributed by atoms with van der Waals surface area (Å²) in [6.07, 6.45) is 1.000. The van der Waals surface area contributed by atoms with E-state index in [0.29, 0.717) is 0 Å². The molecule has 1 fully saturated rings. The lowest BCUT2D eigenvalue weighted by molar-refractivity contribution is 0.0748. The van der Waals surface area contributed by atoms with Crippen LogP contribution in [0, 0.1) is 0 Å². The second-order valence-electron chi connectivity index (χ2n) is 7.59. The van der Waals surface area contributed by atoms with Gasteiger partial charge in [0.15, 0.2) is 0 Å². The predicted octanol–water partition coefficient (Wildman–Crippen LogP) is 4.29. The Kier molecular flexibility index (Phi) is 7.17. The average Bonchev–Trinajstić information content (AvgIpc) is 3.18. The second kappa shape index (κ2) is 10.2. The molecule has 0 spiro atoms. The van der Waals surface area contributed by atoms with E-state index in [1.54, 1.807) is 7.11 Å². The molecule has 2 heterocycles. The predicted molar refractivity (Wildman–Crippen MR) is 121 cm³/mol. The fraction of sp³-hybridized carbons (Fsp3) is 0.417. The highest BCUT2D eigenvalue weighted by Crippen LogP contribution is 2.25. The van der Waals surface area contributed by atoms with Crippen LogP contribution in [0.5, 0.6) is 5.75 Å². The minimum Gasteiger partial charge on any atom is -0.497 e. The van der Waals surface area contributed by atoms with Gasteiger partial charge in [0.2, 0.25) is 0 Å². The normalized spacial score (nSPS) is 15.8. The summed E-state index contributed by atoms with van der Waals surface area (Å²) in [6, 6.07) is 17.0. The molecule has 0 radical (unpaired) electrons. The van der Waals surface area contributed by atoms with Crippen LogP contribution in [0.25, 0.3) is 10.1 Å². The number of thiophene rings is 1. The van der Waals surface area contributed by atoms with Gasteiger partial charge < -0.3 is 9.47 Å². The zero-order valence-electron chi connectivity index (χ0n) is 17.2. The van der Waals surface area contributed by atoms with Crippen LogP contribution in [0.3, 0.4) is 0 Å². The molecule has 154 valence electrons.